The van der Waals surface area contributed by atoms with Gasteiger partial charge in [-0.2, -0.15) is 0 Å². The van der Waals surface area contributed by atoms with Crippen molar-refractivity contribution in [1.29, 1.82) is 0 Å². The van der Waals surface area contributed by atoms with Gasteiger partial charge in [-0.3, -0.25) is 9.78 Å². The van der Waals surface area contributed by atoms with Gasteiger partial charge in [0.05, 0.1) is 1.37 Å². The van der Waals surface area contributed by atoms with Crippen LogP contribution in [-0.4, -0.2) is 9.97 Å². The molecule has 4 nitrogen and oxygen atoms in total. The van der Waals surface area contributed by atoms with Gasteiger partial charge in [0.15, 0.2) is 0 Å². The van der Waals surface area contributed by atoms with Crippen molar-refractivity contribution < 1.29 is 1.37 Å². The summed E-state index contributed by atoms with van der Waals surface area (Å²) in [6, 6.07) is -0.241. The Hall–Kier alpha value is -1.32. The first-order valence-electron chi connectivity index (χ1n) is 2.49. The van der Waals surface area contributed by atoms with Gasteiger partial charge in [0.1, 0.15) is 0 Å². The molecule has 0 bridgehead atoms. The van der Waals surface area contributed by atoms with Crippen LogP contribution in [0.3, 0.4) is 0 Å². The number of H-pyrrole nitrogens is 2. The van der Waals surface area contributed by atoms with E-state index in [0.29, 0.717) is 0 Å². The van der Waals surface area contributed by atoms with Gasteiger partial charge >= 0.3 is 5.69 Å². The van der Waals surface area contributed by atoms with Crippen molar-refractivity contribution >= 4 is 0 Å². The summed E-state index contributed by atoms with van der Waals surface area (Å²) in [6.07, 6.45) is 1.04. The number of nitrogens with one attached hydrogen (secondary N) is 2. The summed E-state index contributed by atoms with van der Waals surface area (Å²) in [5.74, 6) is 0. The molecular formula is C4H4N2O2. The standard InChI is InChI=1S/C4H4N2O2/c7-3-1-2-5-4(8)6-3/h1-2H,(H2,5,6,7,8)/i1T,4+2. The predicted octanol–water partition coefficient (Wildman–Crippen LogP) is -0.937. The highest BCUT2D eigenvalue weighted by Gasteiger charge is 1.77. The Morgan fingerprint density at radius 3 is 3.12 bits per heavy atom. The fourth-order valence-electron chi connectivity index (χ4n) is 0.342. The van der Waals surface area contributed by atoms with Gasteiger partial charge in [-0.05, 0) is 0 Å². The quantitative estimate of drug-likeness (QED) is 0.459. The van der Waals surface area contributed by atoms with Crippen molar-refractivity contribution in [3.05, 3.63) is 33.1 Å². The molecule has 0 radical (unpaired) electrons. The summed E-state index contributed by atoms with van der Waals surface area (Å²) in [5.41, 5.74) is -1.25. The van der Waals surface area contributed by atoms with Crippen molar-refractivity contribution in [2.75, 3.05) is 0 Å². The summed E-state index contributed by atoms with van der Waals surface area (Å²) < 4.78 is 6.80. The lowest BCUT2D eigenvalue weighted by molar-refractivity contribution is 1.04. The van der Waals surface area contributed by atoms with Crippen LogP contribution < -0.4 is 11.2 Å². The van der Waals surface area contributed by atoms with Crippen LogP contribution in [0, 0.1) is 0 Å². The Balaban J connectivity index is 3.52. The third-order valence-electron chi connectivity index (χ3n) is 0.634. The largest absolute Gasteiger partial charge is 0.325 e. The lowest BCUT2D eigenvalue weighted by atomic mass is 10.7. The summed E-state index contributed by atoms with van der Waals surface area (Å²) in [4.78, 5) is 24.7. The molecule has 0 spiro atoms. The Kier molecular flexibility index (Phi) is 0.754. The fourth-order valence-corrected chi connectivity index (χ4v) is 0.342. The van der Waals surface area contributed by atoms with Gasteiger partial charge in [-0.15, -0.1) is 0 Å². The van der Waals surface area contributed by atoms with Crippen LogP contribution in [0.15, 0.2) is 21.8 Å². The van der Waals surface area contributed by atoms with E-state index in [2.05, 4.69) is 4.98 Å². The first-order chi connectivity index (χ1) is 4.20. The predicted molar refractivity (Wildman–Crippen MR) is 27.7 cm³/mol. The average Bonchev–Trinajstić information content (AvgIpc) is 1.80. The van der Waals surface area contributed by atoms with Crippen molar-refractivity contribution in [3.63, 3.8) is 0 Å². The maximum atomic E-state index is 10.4. The highest BCUT2D eigenvalue weighted by molar-refractivity contribution is 4.77. The summed E-state index contributed by atoms with van der Waals surface area (Å²) >= 11 is 0. The van der Waals surface area contributed by atoms with E-state index in [1.165, 1.54) is 0 Å². The van der Waals surface area contributed by atoms with E-state index in [0.717, 1.165) is 6.20 Å². The molecule has 0 unspecified atom stereocenters. The molecule has 8 heavy (non-hydrogen) atoms. The molecule has 0 aliphatic carbocycles. The van der Waals surface area contributed by atoms with Gasteiger partial charge in [0.2, 0.25) is 0 Å². The van der Waals surface area contributed by atoms with Gasteiger partial charge in [0.25, 0.3) is 5.56 Å². The topological polar surface area (TPSA) is 65.7 Å². The van der Waals surface area contributed by atoms with Crippen molar-refractivity contribution in [1.82, 2.24) is 9.97 Å². The van der Waals surface area contributed by atoms with Gasteiger partial charge in [-0.1, -0.05) is 0 Å². The van der Waals surface area contributed by atoms with Crippen LogP contribution in [0.4, 0.5) is 0 Å². The van der Waals surface area contributed by atoms with E-state index >= 15 is 0 Å². The molecule has 42 valence electrons. The molecule has 0 saturated carbocycles. The number of hydrogen-bond acceptors (Lipinski definition) is 2. The van der Waals surface area contributed by atoms with Crippen LogP contribution in [0.1, 0.15) is 1.37 Å². The van der Waals surface area contributed by atoms with Gasteiger partial charge in [0, 0.05) is 12.2 Å². The van der Waals surface area contributed by atoms with E-state index in [1.54, 1.807) is 0 Å². The lowest BCUT2D eigenvalue weighted by Gasteiger charge is -1.75. The molecule has 1 heterocycles. The normalized spacial score (nSPS) is 10.8. The third-order valence-corrected chi connectivity index (χ3v) is 0.634. The second-order valence-corrected chi connectivity index (χ2v) is 1.22. The molecule has 1 aromatic rings. The Morgan fingerprint density at radius 1 is 1.88 bits per heavy atom. The zero-order valence-corrected chi connectivity index (χ0v) is 3.89. The minimum atomic E-state index is -0.668. The minimum absolute atomic E-state index is 0.241. The van der Waals surface area contributed by atoms with Crippen molar-refractivity contribution in [3.8, 4) is 0 Å². The van der Waals surface area contributed by atoms with Crippen LogP contribution >= 0.6 is 0 Å². The molecule has 0 aliphatic rings. The Bertz CT molecular complexity index is 313. The Labute approximate surface area is 45.6 Å². The van der Waals surface area contributed by atoms with Crippen LogP contribution in [0.2, 0.25) is 0 Å². The van der Waals surface area contributed by atoms with Crippen molar-refractivity contribution in [2.24, 2.45) is 0 Å². The number of aromatic nitrogens is 2. The molecule has 0 fully saturated rings. The average molecular weight is 116 g/mol. The monoisotopic (exact) mass is 116 g/mol. The highest BCUT2D eigenvalue weighted by atomic mass is 16.3. The summed E-state index contributed by atoms with van der Waals surface area (Å²) in [6.45, 7) is 0. The first-order valence-corrected chi connectivity index (χ1v) is 1.99. The molecule has 2 N–H and O–H groups in total. The van der Waals surface area contributed by atoms with Crippen LogP contribution in [0.5, 0.6) is 0 Å². The summed E-state index contributed by atoms with van der Waals surface area (Å²) in [5, 5.41) is 0. The molecular weight excluding hydrogens is 110 g/mol. The Morgan fingerprint density at radius 2 is 2.62 bits per heavy atom. The van der Waals surface area contributed by atoms with Crippen LogP contribution in [0.25, 0.3) is 0 Å². The molecule has 1 aromatic heterocycles. The maximum absolute atomic E-state index is 10.4. The number of aromatic amines is 2. The molecule has 0 saturated heterocycles. The van der Waals surface area contributed by atoms with Gasteiger partial charge in [-0.25, -0.2) is 4.79 Å². The number of rotatable bonds is 0. The molecule has 0 aromatic carbocycles. The maximum Gasteiger partial charge on any atom is 0.325 e. The highest BCUT2D eigenvalue weighted by Crippen LogP contribution is 1.51. The molecule has 4 heteroatoms. The lowest BCUT2D eigenvalue weighted by Crippen LogP contribution is -2.19. The molecule has 0 amide bonds. The molecule has 0 atom stereocenters. The zero-order chi connectivity index (χ0) is 6.85. The first kappa shape index (κ1) is 3.65. The van der Waals surface area contributed by atoms with E-state index < -0.39 is 11.2 Å². The van der Waals surface area contributed by atoms with E-state index in [-0.39, 0.29) is 6.04 Å². The SMILES string of the molecule is [3H]c1c[nH][14c](=O)[nH]c1=O. The van der Waals surface area contributed by atoms with Gasteiger partial charge < -0.3 is 4.98 Å². The number of hydrogen-bond donors (Lipinski definition) is 2. The third kappa shape index (κ3) is 0.841. The van der Waals surface area contributed by atoms with E-state index in [4.69, 9.17) is 1.37 Å². The molecule has 1 rings (SSSR count). The molecule has 0 aliphatic heterocycles. The van der Waals surface area contributed by atoms with E-state index in [1.807, 2.05) is 4.98 Å². The zero-order valence-electron chi connectivity index (χ0n) is 4.89. The second kappa shape index (κ2) is 1.65. The van der Waals surface area contributed by atoms with Crippen molar-refractivity contribution in [2.45, 2.75) is 0 Å². The summed E-state index contributed by atoms with van der Waals surface area (Å²) in [7, 11) is 0. The minimum Gasteiger partial charge on any atom is -0.314 e. The van der Waals surface area contributed by atoms with Crippen LogP contribution in [-0.2, 0) is 0 Å². The second-order valence-electron chi connectivity index (χ2n) is 1.22. The smallest absolute Gasteiger partial charge is 0.314 e. The van der Waals surface area contributed by atoms with E-state index in [9.17, 15) is 9.59 Å². The fraction of sp³-hybridized carbons (Fsp3) is 0.